The lowest BCUT2D eigenvalue weighted by Crippen LogP contribution is -2.38. The zero-order valence-electron chi connectivity index (χ0n) is 20.4. The molecule has 1 atom stereocenters. The van der Waals surface area contributed by atoms with Gasteiger partial charge in [0.05, 0.1) is 35.3 Å². The van der Waals surface area contributed by atoms with Crippen molar-refractivity contribution < 1.29 is 19.0 Å². The first-order valence-corrected chi connectivity index (χ1v) is 11.8. The number of rotatable bonds is 10. The van der Waals surface area contributed by atoms with Gasteiger partial charge in [0, 0.05) is 25.2 Å². The summed E-state index contributed by atoms with van der Waals surface area (Å²) in [7, 11) is 0. The number of aromatic nitrogens is 2. The summed E-state index contributed by atoms with van der Waals surface area (Å²) in [6.45, 7) is 9.25. The van der Waals surface area contributed by atoms with E-state index in [0.717, 1.165) is 29.8 Å². The standard InChI is InChI=1S/C27H34FN3O3/c1-19-25(17-30(21-13-14-21)16-23(32)18-33-27(2,3)4)26(34-24-12-8-9-20(28)15-24)31(29-19)22-10-6-5-7-11-22/h5-12,15,21,23,32H,13-14,16-18H2,1-4H3/t23-/m1/s1. The van der Waals surface area contributed by atoms with Crippen molar-refractivity contribution in [1.29, 1.82) is 0 Å². The van der Waals surface area contributed by atoms with Gasteiger partial charge in [-0.1, -0.05) is 24.3 Å². The van der Waals surface area contributed by atoms with E-state index in [1.54, 1.807) is 16.8 Å². The average molecular weight is 468 g/mol. The van der Waals surface area contributed by atoms with Crippen LogP contribution in [0.3, 0.4) is 0 Å². The maximum atomic E-state index is 13.9. The lowest BCUT2D eigenvalue weighted by Gasteiger charge is -2.27. The average Bonchev–Trinajstić information content (AvgIpc) is 3.59. The van der Waals surface area contributed by atoms with Gasteiger partial charge in [-0.25, -0.2) is 9.07 Å². The van der Waals surface area contributed by atoms with Crippen molar-refractivity contribution in [2.45, 2.75) is 64.8 Å². The molecule has 1 aromatic heterocycles. The zero-order chi connectivity index (χ0) is 24.3. The number of ether oxygens (including phenoxy) is 2. The highest BCUT2D eigenvalue weighted by atomic mass is 19.1. The number of aliphatic hydroxyl groups is 1. The molecule has 7 heteroatoms. The van der Waals surface area contributed by atoms with Crippen LogP contribution in [0.25, 0.3) is 5.69 Å². The predicted octanol–water partition coefficient (Wildman–Crippen LogP) is 5.25. The fourth-order valence-electron chi connectivity index (χ4n) is 3.87. The molecule has 1 heterocycles. The molecular formula is C27H34FN3O3. The van der Waals surface area contributed by atoms with Crippen molar-refractivity contribution in [2.75, 3.05) is 13.2 Å². The van der Waals surface area contributed by atoms with E-state index in [1.807, 2.05) is 58.0 Å². The predicted molar refractivity (Wildman–Crippen MR) is 130 cm³/mol. The number of nitrogens with zero attached hydrogens (tertiary/aromatic N) is 3. The Bertz CT molecular complexity index is 1090. The summed E-state index contributed by atoms with van der Waals surface area (Å²) in [6, 6.07) is 16.3. The van der Waals surface area contributed by atoms with Gasteiger partial charge >= 0.3 is 0 Å². The molecule has 0 aliphatic heterocycles. The quantitative estimate of drug-likeness (QED) is 0.441. The molecule has 0 radical (unpaired) electrons. The first-order valence-electron chi connectivity index (χ1n) is 11.8. The highest BCUT2D eigenvalue weighted by Crippen LogP contribution is 2.35. The molecule has 1 aliphatic carbocycles. The van der Waals surface area contributed by atoms with Crippen molar-refractivity contribution in [2.24, 2.45) is 0 Å². The number of para-hydroxylation sites is 1. The Labute approximate surface area is 200 Å². The molecule has 1 aliphatic rings. The number of hydrogen-bond donors (Lipinski definition) is 1. The summed E-state index contributed by atoms with van der Waals surface area (Å²) in [6.07, 6.45) is 1.59. The Balaban J connectivity index is 1.62. The number of halogens is 1. The number of aliphatic hydroxyl groups excluding tert-OH is 1. The smallest absolute Gasteiger partial charge is 0.227 e. The van der Waals surface area contributed by atoms with Crippen LogP contribution in [0.15, 0.2) is 54.6 Å². The molecule has 0 spiro atoms. The zero-order valence-corrected chi connectivity index (χ0v) is 20.4. The lowest BCUT2D eigenvalue weighted by molar-refractivity contribution is -0.0573. The first kappa shape index (κ1) is 24.4. The molecule has 4 rings (SSSR count). The van der Waals surface area contributed by atoms with Crippen LogP contribution >= 0.6 is 0 Å². The van der Waals surface area contributed by atoms with Crippen molar-refractivity contribution in [3.8, 4) is 17.3 Å². The summed E-state index contributed by atoms with van der Waals surface area (Å²) in [4.78, 5) is 2.27. The highest BCUT2D eigenvalue weighted by Gasteiger charge is 2.33. The molecule has 6 nitrogen and oxygen atoms in total. The molecule has 0 saturated heterocycles. The SMILES string of the molecule is Cc1nn(-c2ccccc2)c(Oc2cccc(F)c2)c1CN(C[C@@H](O)COC(C)(C)C)C1CC1. The van der Waals surface area contributed by atoms with Crippen molar-refractivity contribution in [3.05, 3.63) is 71.7 Å². The van der Waals surface area contributed by atoms with Crippen molar-refractivity contribution in [1.82, 2.24) is 14.7 Å². The molecule has 1 saturated carbocycles. The Morgan fingerprint density at radius 1 is 1.15 bits per heavy atom. The molecule has 0 amide bonds. The van der Waals surface area contributed by atoms with Crippen molar-refractivity contribution in [3.63, 3.8) is 0 Å². The molecule has 1 fully saturated rings. The molecule has 182 valence electrons. The number of benzene rings is 2. The van der Waals surface area contributed by atoms with Crippen LogP contribution in [0.1, 0.15) is 44.9 Å². The highest BCUT2D eigenvalue weighted by molar-refractivity contribution is 5.43. The second-order valence-electron chi connectivity index (χ2n) is 9.91. The van der Waals surface area contributed by atoms with E-state index >= 15 is 0 Å². The lowest BCUT2D eigenvalue weighted by atomic mass is 10.2. The van der Waals surface area contributed by atoms with Crippen LogP contribution < -0.4 is 4.74 Å². The van der Waals surface area contributed by atoms with E-state index in [2.05, 4.69) is 4.90 Å². The first-order chi connectivity index (χ1) is 16.2. The normalized spacial score (nSPS) is 15.0. The molecule has 3 aromatic rings. The second kappa shape index (κ2) is 10.3. The maximum absolute atomic E-state index is 13.9. The summed E-state index contributed by atoms with van der Waals surface area (Å²) in [5.41, 5.74) is 2.32. The number of hydrogen-bond acceptors (Lipinski definition) is 5. The van der Waals surface area contributed by atoms with E-state index in [1.165, 1.54) is 12.1 Å². The van der Waals surface area contributed by atoms with Gasteiger partial charge in [0.1, 0.15) is 11.6 Å². The van der Waals surface area contributed by atoms with E-state index in [4.69, 9.17) is 14.6 Å². The van der Waals surface area contributed by atoms with Gasteiger partial charge in [-0.3, -0.25) is 4.90 Å². The third-order valence-corrected chi connectivity index (χ3v) is 5.73. The van der Waals surface area contributed by atoms with Crippen molar-refractivity contribution >= 4 is 0 Å². The Morgan fingerprint density at radius 3 is 2.53 bits per heavy atom. The molecule has 34 heavy (non-hydrogen) atoms. The molecule has 1 N–H and O–H groups in total. The molecule has 0 bridgehead atoms. The fourth-order valence-corrected chi connectivity index (χ4v) is 3.87. The Hall–Kier alpha value is -2.74. The molecular weight excluding hydrogens is 433 g/mol. The molecule has 0 unspecified atom stereocenters. The van der Waals surface area contributed by atoms with Crippen LogP contribution in [0, 0.1) is 12.7 Å². The fraction of sp³-hybridized carbons (Fsp3) is 0.444. The summed E-state index contributed by atoms with van der Waals surface area (Å²) in [5, 5.41) is 15.4. The van der Waals surface area contributed by atoms with Gasteiger partial charge in [0.25, 0.3) is 0 Å². The summed E-state index contributed by atoms with van der Waals surface area (Å²) >= 11 is 0. The van der Waals surface area contributed by atoms with Crippen LogP contribution in [-0.2, 0) is 11.3 Å². The molecule has 2 aromatic carbocycles. The van der Waals surface area contributed by atoms with Gasteiger partial charge in [-0.2, -0.15) is 5.10 Å². The maximum Gasteiger partial charge on any atom is 0.227 e. The third kappa shape index (κ3) is 6.44. The second-order valence-corrected chi connectivity index (χ2v) is 9.91. The van der Waals surface area contributed by atoms with Gasteiger partial charge in [0.15, 0.2) is 0 Å². The van der Waals surface area contributed by atoms with Crippen LogP contribution in [0.5, 0.6) is 11.6 Å². The third-order valence-electron chi connectivity index (χ3n) is 5.73. The minimum atomic E-state index is -0.600. The largest absolute Gasteiger partial charge is 0.438 e. The van der Waals surface area contributed by atoms with E-state index in [9.17, 15) is 9.50 Å². The van der Waals surface area contributed by atoms with Gasteiger partial charge in [0.2, 0.25) is 5.88 Å². The monoisotopic (exact) mass is 467 g/mol. The number of aryl methyl sites for hydroxylation is 1. The topological polar surface area (TPSA) is 59.8 Å². The minimum absolute atomic E-state index is 0.279. The Kier molecular flexibility index (Phi) is 7.36. The summed E-state index contributed by atoms with van der Waals surface area (Å²) < 4.78 is 27.7. The van der Waals surface area contributed by atoms with Crippen LogP contribution in [-0.4, -0.2) is 50.7 Å². The summed E-state index contributed by atoms with van der Waals surface area (Å²) in [5.74, 6) is 0.610. The van der Waals surface area contributed by atoms with Gasteiger partial charge in [-0.05, 0) is 64.8 Å². The minimum Gasteiger partial charge on any atom is -0.438 e. The van der Waals surface area contributed by atoms with Crippen LogP contribution in [0.4, 0.5) is 4.39 Å². The van der Waals surface area contributed by atoms with Crippen LogP contribution in [0.2, 0.25) is 0 Å². The van der Waals surface area contributed by atoms with Gasteiger partial charge in [-0.15, -0.1) is 0 Å². The Morgan fingerprint density at radius 2 is 1.88 bits per heavy atom. The van der Waals surface area contributed by atoms with E-state index < -0.39 is 6.10 Å². The van der Waals surface area contributed by atoms with Gasteiger partial charge < -0.3 is 14.6 Å². The van der Waals surface area contributed by atoms with E-state index in [0.29, 0.717) is 30.8 Å². The van der Waals surface area contributed by atoms with E-state index in [-0.39, 0.29) is 18.0 Å².